The maximum Gasteiger partial charge on any atom is 0.252 e. The summed E-state index contributed by atoms with van der Waals surface area (Å²) in [6.45, 7) is 3.51. The second kappa shape index (κ2) is 6.76. The fraction of sp³-hybridized carbons (Fsp3) is 0.615. The number of thiophene rings is 1. The molecule has 0 unspecified atom stereocenters. The highest BCUT2D eigenvalue weighted by atomic mass is 79.9. The topological polar surface area (TPSA) is 57.7 Å². The number of sulfonamides is 1. The van der Waals surface area contributed by atoms with Gasteiger partial charge in [0.05, 0.1) is 10.3 Å². The molecule has 1 fully saturated rings. The summed E-state index contributed by atoms with van der Waals surface area (Å²) in [6, 6.07) is 3.24. The Hall–Kier alpha value is -0.440. The lowest BCUT2D eigenvalue weighted by molar-refractivity contribution is -0.132. The van der Waals surface area contributed by atoms with E-state index in [2.05, 4.69) is 22.9 Å². The number of hydrogen-bond donors (Lipinski definition) is 0. The minimum absolute atomic E-state index is 0.105. The molecule has 1 amide bonds. The predicted molar refractivity (Wildman–Crippen MR) is 86.8 cm³/mol. The van der Waals surface area contributed by atoms with Gasteiger partial charge in [0.25, 0.3) is 10.0 Å². The van der Waals surface area contributed by atoms with Crippen molar-refractivity contribution >= 4 is 43.2 Å². The summed E-state index contributed by atoms with van der Waals surface area (Å²) >= 11 is 4.40. The van der Waals surface area contributed by atoms with Crippen LogP contribution >= 0.6 is 27.3 Å². The van der Waals surface area contributed by atoms with E-state index in [1.54, 1.807) is 17.0 Å². The summed E-state index contributed by atoms with van der Waals surface area (Å²) < 4.78 is 26.9. The molecule has 2 rings (SSSR count). The fourth-order valence-corrected chi connectivity index (χ4v) is 5.56. The third kappa shape index (κ3) is 4.06. The van der Waals surface area contributed by atoms with Crippen molar-refractivity contribution in [3.05, 3.63) is 15.9 Å². The zero-order chi connectivity index (χ0) is 15.6. The van der Waals surface area contributed by atoms with Gasteiger partial charge >= 0.3 is 0 Å². The van der Waals surface area contributed by atoms with Crippen LogP contribution in [-0.4, -0.2) is 50.2 Å². The van der Waals surface area contributed by atoms with Gasteiger partial charge in [0, 0.05) is 20.1 Å². The third-order valence-electron chi connectivity index (χ3n) is 3.71. The van der Waals surface area contributed by atoms with Crippen LogP contribution in [0.15, 0.2) is 20.1 Å². The highest BCUT2D eigenvalue weighted by Crippen LogP contribution is 2.28. The lowest BCUT2D eigenvalue weighted by Gasteiger charge is -2.31. The normalized spacial score (nSPS) is 17.4. The average molecular weight is 395 g/mol. The summed E-state index contributed by atoms with van der Waals surface area (Å²) in [7, 11) is -2.14. The van der Waals surface area contributed by atoms with Crippen LogP contribution in [0.25, 0.3) is 0 Å². The van der Waals surface area contributed by atoms with Gasteiger partial charge in [-0.05, 0) is 46.8 Å². The van der Waals surface area contributed by atoms with E-state index in [0.717, 1.165) is 45.4 Å². The van der Waals surface area contributed by atoms with Gasteiger partial charge in [-0.2, -0.15) is 4.31 Å². The number of halogens is 1. The lowest BCUT2D eigenvalue weighted by Crippen LogP contribution is -2.44. The van der Waals surface area contributed by atoms with Crippen molar-refractivity contribution in [2.45, 2.75) is 24.0 Å². The first-order valence-corrected chi connectivity index (χ1v) is 9.85. The molecule has 0 aliphatic carbocycles. The summed E-state index contributed by atoms with van der Waals surface area (Å²) in [4.78, 5) is 14.0. The number of nitrogens with zero attached hydrogens (tertiary/aromatic N) is 2. The summed E-state index contributed by atoms with van der Waals surface area (Å²) in [5.74, 6) is 0.516. The molecule has 0 bridgehead atoms. The van der Waals surface area contributed by atoms with Crippen molar-refractivity contribution in [2.24, 2.45) is 5.92 Å². The zero-order valence-corrected chi connectivity index (χ0v) is 15.3. The Morgan fingerprint density at radius 1 is 1.43 bits per heavy atom. The summed E-state index contributed by atoms with van der Waals surface area (Å²) in [5.41, 5.74) is 0. The van der Waals surface area contributed by atoms with Crippen molar-refractivity contribution < 1.29 is 13.2 Å². The van der Waals surface area contributed by atoms with E-state index in [4.69, 9.17) is 0 Å². The number of carbonyl (C=O) groups is 1. The molecule has 1 aliphatic heterocycles. The number of rotatable bonds is 4. The third-order valence-corrected chi connectivity index (χ3v) is 7.60. The molecule has 0 saturated carbocycles. The van der Waals surface area contributed by atoms with Gasteiger partial charge in [0.1, 0.15) is 4.21 Å². The molecular formula is C13H19BrN2O3S2. The van der Waals surface area contributed by atoms with E-state index in [1.807, 2.05) is 0 Å². The van der Waals surface area contributed by atoms with Gasteiger partial charge < -0.3 is 4.90 Å². The molecule has 118 valence electrons. The predicted octanol–water partition coefficient (Wildman–Crippen LogP) is 2.39. The molecule has 0 N–H and O–H groups in total. The van der Waals surface area contributed by atoms with Crippen LogP contribution in [0.2, 0.25) is 0 Å². The van der Waals surface area contributed by atoms with E-state index in [0.29, 0.717) is 5.92 Å². The molecule has 0 aromatic carbocycles. The van der Waals surface area contributed by atoms with Crippen LogP contribution in [0.5, 0.6) is 0 Å². The second-order valence-electron chi connectivity index (χ2n) is 5.38. The summed E-state index contributed by atoms with van der Waals surface area (Å²) in [6.07, 6.45) is 1.97. The molecule has 21 heavy (non-hydrogen) atoms. The van der Waals surface area contributed by atoms with Crippen LogP contribution in [0.1, 0.15) is 19.8 Å². The molecule has 0 radical (unpaired) electrons. The van der Waals surface area contributed by atoms with Gasteiger partial charge in [-0.3, -0.25) is 4.79 Å². The smallest absolute Gasteiger partial charge is 0.252 e. The number of piperidine rings is 1. The second-order valence-corrected chi connectivity index (χ2v) is 10.1. The minimum atomic E-state index is -3.59. The van der Waals surface area contributed by atoms with Crippen LogP contribution in [0.4, 0.5) is 0 Å². The maximum absolute atomic E-state index is 12.4. The molecule has 5 nitrogen and oxygen atoms in total. The van der Waals surface area contributed by atoms with Gasteiger partial charge in [-0.15, -0.1) is 11.3 Å². The van der Waals surface area contributed by atoms with Crippen molar-refractivity contribution in [2.75, 3.05) is 26.7 Å². The fourth-order valence-electron chi connectivity index (χ4n) is 2.22. The largest absolute Gasteiger partial charge is 0.342 e. The Balaban J connectivity index is 2.00. The van der Waals surface area contributed by atoms with E-state index >= 15 is 0 Å². The molecule has 1 aliphatic rings. The Morgan fingerprint density at radius 2 is 2.05 bits per heavy atom. The first kappa shape index (κ1) is 16.9. The van der Waals surface area contributed by atoms with Gasteiger partial charge in [-0.1, -0.05) is 6.92 Å². The Labute approximate surface area is 138 Å². The van der Waals surface area contributed by atoms with Crippen molar-refractivity contribution in [3.63, 3.8) is 0 Å². The van der Waals surface area contributed by atoms with Crippen LogP contribution in [0.3, 0.4) is 0 Å². The van der Waals surface area contributed by atoms with Gasteiger partial charge in [0.15, 0.2) is 0 Å². The first-order valence-electron chi connectivity index (χ1n) is 6.80. The molecule has 1 saturated heterocycles. The molecular weight excluding hydrogens is 376 g/mol. The maximum atomic E-state index is 12.4. The molecule has 0 spiro atoms. The lowest BCUT2D eigenvalue weighted by atomic mass is 9.99. The van der Waals surface area contributed by atoms with Crippen LogP contribution in [0, 0.1) is 5.92 Å². The van der Waals surface area contributed by atoms with E-state index in [-0.39, 0.29) is 16.7 Å². The zero-order valence-electron chi connectivity index (χ0n) is 12.1. The van der Waals surface area contributed by atoms with E-state index in [9.17, 15) is 13.2 Å². The van der Waals surface area contributed by atoms with Crippen LogP contribution in [-0.2, 0) is 14.8 Å². The Kier molecular flexibility index (Phi) is 5.45. The van der Waals surface area contributed by atoms with Crippen molar-refractivity contribution in [1.29, 1.82) is 0 Å². The van der Waals surface area contributed by atoms with Crippen molar-refractivity contribution in [1.82, 2.24) is 9.21 Å². The SMILES string of the molecule is CC1CCN(C(=O)CN(C)S(=O)(=O)c2ccc(Br)s2)CC1. The average Bonchev–Trinajstić information content (AvgIpc) is 2.86. The summed E-state index contributed by atoms with van der Waals surface area (Å²) in [5, 5.41) is 0. The van der Waals surface area contributed by atoms with Gasteiger partial charge in [0.2, 0.25) is 5.91 Å². The molecule has 2 heterocycles. The highest BCUT2D eigenvalue weighted by molar-refractivity contribution is 9.11. The Morgan fingerprint density at radius 3 is 2.57 bits per heavy atom. The first-order chi connectivity index (χ1) is 9.80. The van der Waals surface area contributed by atoms with Gasteiger partial charge in [-0.25, -0.2) is 8.42 Å². The van der Waals surface area contributed by atoms with E-state index < -0.39 is 10.0 Å². The highest BCUT2D eigenvalue weighted by Gasteiger charge is 2.27. The standard InChI is InChI=1S/C13H19BrN2O3S2/c1-10-5-7-16(8-6-10)12(17)9-15(2)21(18,19)13-4-3-11(14)20-13/h3-4,10H,5-9H2,1-2H3. The van der Waals surface area contributed by atoms with Crippen LogP contribution < -0.4 is 0 Å². The van der Waals surface area contributed by atoms with Crippen molar-refractivity contribution in [3.8, 4) is 0 Å². The monoisotopic (exact) mass is 394 g/mol. The minimum Gasteiger partial charge on any atom is -0.342 e. The molecule has 8 heteroatoms. The number of amides is 1. The number of carbonyl (C=O) groups excluding carboxylic acids is 1. The number of likely N-dealkylation sites (tertiary alicyclic amines) is 1. The quantitative estimate of drug-likeness (QED) is 0.787. The number of hydrogen-bond acceptors (Lipinski definition) is 4. The molecule has 1 aromatic heterocycles. The van der Waals surface area contributed by atoms with E-state index in [1.165, 1.54) is 7.05 Å². The molecule has 1 aromatic rings. The Bertz CT molecular complexity index is 607. The number of likely N-dealkylation sites (N-methyl/N-ethyl adjacent to an activating group) is 1. The molecule has 0 atom stereocenters.